The van der Waals surface area contributed by atoms with Gasteiger partial charge in [-0.15, -0.1) is 0 Å². The van der Waals surface area contributed by atoms with Gasteiger partial charge in [0.1, 0.15) is 0 Å². The first-order valence-electron chi connectivity index (χ1n) is 11.4. The molecule has 0 radical (unpaired) electrons. The number of rotatable bonds is 8. The summed E-state index contributed by atoms with van der Waals surface area (Å²) in [6, 6.07) is 13.0. The molecule has 1 N–H and O–H groups in total. The molecule has 2 aromatic carbocycles. The normalized spacial score (nSPS) is 20.7. The highest BCUT2D eigenvalue weighted by Gasteiger charge is 2.36. The fraction of sp³-hybridized carbons (Fsp3) is 0.500. The Morgan fingerprint density at radius 2 is 1.73 bits per heavy atom. The fourth-order valence-electron chi connectivity index (χ4n) is 4.78. The summed E-state index contributed by atoms with van der Waals surface area (Å²) in [6.07, 6.45) is -1.06. The molecule has 3 atom stereocenters. The lowest BCUT2D eigenvalue weighted by atomic mass is 9.82. The van der Waals surface area contributed by atoms with Crippen molar-refractivity contribution in [2.45, 2.75) is 64.2 Å². The lowest BCUT2D eigenvalue weighted by Crippen LogP contribution is -2.40. The summed E-state index contributed by atoms with van der Waals surface area (Å²) in [4.78, 5) is 13.7. The largest absolute Gasteiger partial charge is 0.481 e. The molecule has 33 heavy (non-hydrogen) atoms. The minimum Gasteiger partial charge on any atom is -0.481 e. The van der Waals surface area contributed by atoms with Gasteiger partial charge in [-0.2, -0.15) is 13.2 Å². The number of likely N-dealkylation sites (tertiary alicyclic amines) is 1. The van der Waals surface area contributed by atoms with E-state index in [9.17, 15) is 23.1 Å². The first kappa shape index (κ1) is 25.6. The van der Waals surface area contributed by atoms with E-state index < -0.39 is 17.7 Å². The number of hydrogen-bond acceptors (Lipinski definition) is 2. The van der Waals surface area contributed by atoms with Crippen LogP contribution in [-0.2, 0) is 11.0 Å². The predicted molar refractivity (Wildman–Crippen MR) is 124 cm³/mol. The van der Waals surface area contributed by atoms with E-state index in [1.807, 2.05) is 24.3 Å². The van der Waals surface area contributed by atoms with E-state index in [-0.39, 0.29) is 24.4 Å². The third kappa shape index (κ3) is 6.97. The maximum atomic E-state index is 13.1. The molecule has 1 aliphatic heterocycles. The van der Waals surface area contributed by atoms with Crippen LogP contribution >= 0.6 is 11.6 Å². The van der Waals surface area contributed by atoms with Gasteiger partial charge in [0, 0.05) is 23.5 Å². The van der Waals surface area contributed by atoms with Crippen molar-refractivity contribution in [3.05, 3.63) is 70.2 Å². The Balaban J connectivity index is 1.96. The Kier molecular flexibility index (Phi) is 8.46. The molecule has 0 bridgehead atoms. The van der Waals surface area contributed by atoms with Crippen molar-refractivity contribution in [3.63, 3.8) is 0 Å². The van der Waals surface area contributed by atoms with Crippen LogP contribution in [0.25, 0.3) is 0 Å². The van der Waals surface area contributed by atoms with Crippen molar-refractivity contribution in [3.8, 4) is 0 Å². The van der Waals surface area contributed by atoms with Crippen molar-refractivity contribution in [2.75, 3.05) is 6.54 Å². The average Bonchev–Trinajstić information content (AvgIpc) is 2.74. The number of carboxylic acid groups (broad SMARTS) is 1. The molecular formula is C26H31ClF3NO2. The minimum absolute atomic E-state index is 0.0279. The van der Waals surface area contributed by atoms with Crippen LogP contribution in [0, 0.1) is 11.8 Å². The van der Waals surface area contributed by atoms with Crippen molar-refractivity contribution < 1.29 is 23.1 Å². The van der Waals surface area contributed by atoms with Crippen LogP contribution in [-0.4, -0.2) is 22.5 Å². The summed E-state index contributed by atoms with van der Waals surface area (Å²) >= 11 is 6.10. The number of aliphatic carboxylic acids is 1. The van der Waals surface area contributed by atoms with Crippen LogP contribution in [0.4, 0.5) is 13.2 Å². The van der Waals surface area contributed by atoms with Crippen molar-refractivity contribution in [1.82, 2.24) is 4.90 Å². The molecule has 2 aromatic rings. The molecule has 3 rings (SSSR count). The lowest BCUT2D eigenvalue weighted by molar-refractivity contribution is -0.139. The Hall–Kier alpha value is -2.05. The van der Waals surface area contributed by atoms with Gasteiger partial charge in [0.25, 0.3) is 0 Å². The van der Waals surface area contributed by atoms with Crippen LogP contribution < -0.4 is 0 Å². The molecule has 1 aliphatic rings. The fourth-order valence-corrected chi connectivity index (χ4v) is 4.91. The smallest absolute Gasteiger partial charge is 0.416 e. The van der Waals surface area contributed by atoms with Gasteiger partial charge < -0.3 is 5.11 Å². The third-order valence-corrected chi connectivity index (χ3v) is 6.76. The third-order valence-electron chi connectivity index (χ3n) is 6.51. The van der Waals surface area contributed by atoms with Gasteiger partial charge in [0.2, 0.25) is 0 Å². The Bertz CT molecular complexity index is 913. The Morgan fingerprint density at radius 1 is 1.09 bits per heavy atom. The number of carbonyl (C=O) groups is 1. The lowest BCUT2D eigenvalue weighted by Gasteiger charge is -2.44. The summed E-state index contributed by atoms with van der Waals surface area (Å²) < 4.78 is 39.4. The predicted octanol–water partition coefficient (Wildman–Crippen LogP) is 7.76. The first-order chi connectivity index (χ1) is 15.5. The highest BCUT2D eigenvalue weighted by atomic mass is 35.5. The van der Waals surface area contributed by atoms with Gasteiger partial charge >= 0.3 is 12.1 Å². The second-order valence-corrected chi connectivity index (χ2v) is 9.84. The van der Waals surface area contributed by atoms with Gasteiger partial charge in [0.15, 0.2) is 0 Å². The molecular weight excluding hydrogens is 451 g/mol. The Morgan fingerprint density at radius 3 is 2.27 bits per heavy atom. The summed E-state index contributed by atoms with van der Waals surface area (Å²) in [5.41, 5.74) is 1.26. The van der Waals surface area contributed by atoms with Gasteiger partial charge in [-0.05, 0) is 79.5 Å². The van der Waals surface area contributed by atoms with Crippen LogP contribution in [0.5, 0.6) is 0 Å². The molecule has 1 fully saturated rings. The topological polar surface area (TPSA) is 40.5 Å². The molecule has 0 spiro atoms. The summed E-state index contributed by atoms with van der Waals surface area (Å²) in [5.74, 6) is -0.291. The van der Waals surface area contributed by atoms with E-state index in [2.05, 4.69) is 18.7 Å². The molecule has 3 nitrogen and oxygen atoms in total. The first-order valence-corrected chi connectivity index (χ1v) is 11.8. The van der Waals surface area contributed by atoms with Gasteiger partial charge in [-0.25, -0.2) is 0 Å². The monoisotopic (exact) mass is 481 g/mol. The quantitative estimate of drug-likeness (QED) is 0.418. The second-order valence-electron chi connectivity index (χ2n) is 9.40. The van der Waals surface area contributed by atoms with Crippen LogP contribution in [0.3, 0.4) is 0 Å². The van der Waals surface area contributed by atoms with Crippen molar-refractivity contribution in [2.24, 2.45) is 11.8 Å². The van der Waals surface area contributed by atoms with Gasteiger partial charge in [-0.1, -0.05) is 49.7 Å². The van der Waals surface area contributed by atoms with Crippen LogP contribution in [0.1, 0.15) is 74.7 Å². The standard InChI is InChI=1S/C26H31ClF3NO2/c1-17(2)3-12-23(19-4-8-21(9-5-19)26(28,29)30)31-14-13-18(16-25(32)33)15-24(31)20-6-10-22(27)11-7-20/h4-11,17-18,23-24H,3,12-16H2,1-2H3,(H,32,33)/t18-,23-,24+/m1/s1. The number of alkyl halides is 3. The zero-order valence-corrected chi connectivity index (χ0v) is 19.7. The SMILES string of the molecule is CC(C)CC[C@H](c1ccc(C(F)(F)F)cc1)N1CC[C@@H](CC(=O)O)C[C@H]1c1ccc(Cl)cc1. The highest BCUT2D eigenvalue weighted by Crippen LogP contribution is 2.43. The zero-order chi connectivity index (χ0) is 24.2. The molecule has 180 valence electrons. The molecule has 1 saturated heterocycles. The minimum atomic E-state index is -4.37. The molecule has 0 aromatic heterocycles. The van der Waals surface area contributed by atoms with Crippen LogP contribution in [0.15, 0.2) is 48.5 Å². The van der Waals surface area contributed by atoms with E-state index in [0.717, 1.165) is 42.5 Å². The van der Waals surface area contributed by atoms with Crippen LogP contribution in [0.2, 0.25) is 5.02 Å². The van der Waals surface area contributed by atoms with E-state index in [1.165, 1.54) is 0 Å². The maximum absolute atomic E-state index is 13.1. The molecule has 7 heteroatoms. The summed E-state index contributed by atoms with van der Waals surface area (Å²) in [6.45, 7) is 4.97. The number of halogens is 4. The molecule has 0 saturated carbocycles. The van der Waals surface area contributed by atoms with E-state index in [4.69, 9.17) is 11.6 Å². The Labute approximate surface area is 198 Å². The second kappa shape index (κ2) is 10.9. The van der Waals surface area contributed by atoms with Crippen molar-refractivity contribution in [1.29, 1.82) is 0 Å². The summed E-state index contributed by atoms with van der Waals surface area (Å²) in [7, 11) is 0. The number of carboxylic acids is 1. The van der Waals surface area contributed by atoms with Crippen molar-refractivity contribution >= 4 is 17.6 Å². The van der Waals surface area contributed by atoms with Gasteiger partial charge in [0.05, 0.1) is 5.56 Å². The zero-order valence-electron chi connectivity index (χ0n) is 19.0. The highest BCUT2D eigenvalue weighted by molar-refractivity contribution is 6.30. The molecule has 0 amide bonds. The number of piperidine rings is 1. The van der Waals surface area contributed by atoms with E-state index >= 15 is 0 Å². The van der Waals surface area contributed by atoms with Gasteiger partial charge in [-0.3, -0.25) is 9.69 Å². The van der Waals surface area contributed by atoms with E-state index in [0.29, 0.717) is 23.9 Å². The maximum Gasteiger partial charge on any atom is 0.416 e. The molecule has 0 unspecified atom stereocenters. The molecule has 0 aliphatic carbocycles. The number of benzene rings is 2. The number of nitrogens with zero attached hydrogens (tertiary/aromatic N) is 1. The molecule has 1 heterocycles. The van der Waals surface area contributed by atoms with E-state index in [1.54, 1.807) is 12.1 Å². The summed E-state index contributed by atoms with van der Waals surface area (Å²) in [5, 5.41) is 9.95. The average molecular weight is 482 g/mol. The number of hydrogen-bond donors (Lipinski definition) is 1.